The minimum atomic E-state index is -1.04. The van der Waals surface area contributed by atoms with Crippen LogP contribution in [-0.4, -0.2) is 23.6 Å². The summed E-state index contributed by atoms with van der Waals surface area (Å²) in [7, 11) is 1.97. The second-order valence-corrected chi connectivity index (χ2v) is 7.53. The van der Waals surface area contributed by atoms with E-state index in [1.54, 1.807) is 13.8 Å². The monoisotopic (exact) mass is 317 g/mol. The van der Waals surface area contributed by atoms with Gasteiger partial charge in [0, 0.05) is 18.5 Å². The van der Waals surface area contributed by atoms with Gasteiger partial charge in [-0.15, -0.1) is 0 Å². The van der Waals surface area contributed by atoms with Crippen LogP contribution in [0.5, 0.6) is 0 Å². The first-order chi connectivity index (χ1) is 10.5. The number of allylic oxidation sites excluding steroid dienone is 1. The van der Waals surface area contributed by atoms with Gasteiger partial charge >= 0.3 is 0 Å². The zero-order valence-electron chi connectivity index (χ0n) is 15.1. The summed E-state index contributed by atoms with van der Waals surface area (Å²) in [5, 5.41) is 10.0. The highest BCUT2D eigenvalue weighted by Gasteiger charge is 2.17. The molecule has 0 unspecified atom stereocenters. The normalized spacial score (nSPS) is 12.6. The summed E-state index contributed by atoms with van der Waals surface area (Å²) in [4.78, 5) is 2.07. The molecule has 0 heterocycles. The minimum Gasteiger partial charge on any atom is -0.386 e. The molecule has 1 N–H and O–H groups in total. The van der Waals surface area contributed by atoms with Crippen molar-refractivity contribution in [3.8, 4) is 11.8 Å². The zero-order valence-corrected chi connectivity index (χ0v) is 15.1. The molecule has 0 fully saturated rings. The summed E-state index contributed by atoms with van der Waals surface area (Å²) in [5.41, 5.74) is 0.398. The summed E-state index contributed by atoms with van der Waals surface area (Å²) in [5.74, 6) is 5.86. The van der Waals surface area contributed by atoms with Gasteiger partial charge in [0.1, 0.15) is 5.82 Å². The Bertz CT molecular complexity index is 609. The van der Waals surface area contributed by atoms with E-state index in [2.05, 4.69) is 37.5 Å². The molecule has 0 spiro atoms. The Morgan fingerprint density at radius 1 is 1.17 bits per heavy atom. The molecule has 0 saturated carbocycles. The van der Waals surface area contributed by atoms with Gasteiger partial charge in [-0.25, -0.2) is 4.39 Å². The van der Waals surface area contributed by atoms with E-state index < -0.39 is 5.60 Å². The molecule has 0 bridgehead atoms. The molecule has 126 valence electrons. The highest BCUT2D eigenvalue weighted by molar-refractivity contribution is 5.28. The first kappa shape index (κ1) is 19.4. The van der Waals surface area contributed by atoms with Gasteiger partial charge in [0.25, 0.3) is 0 Å². The Morgan fingerprint density at radius 3 is 2.39 bits per heavy atom. The smallest absolute Gasteiger partial charge is 0.123 e. The molecular weight excluding hydrogens is 289 g/mol. The third-order valence-electron chi connectivity index (χ3n) is 3.18. The van der Waals surface area contributed by atoms with Crippen LogP contribution < -0.4 is 0 Å². The molecule has 0 aromatic heterocycles. The maximum Gasteiger partial charge on any atom is 0.123 e. The average molecular weight is 317 g/mol. The third-order valence-corrected chi connectivity index (χ3v) is 3.18. The minimum absolute atomic E-state index is 0.00526. The van der Waals surface area contributed by atoms with E-state index in [4.69, 9.17) is 0 Å². The van der Waals surface area contributed by atoms with E-state index in [1.165, 1.54) is 12.1 Å². The average Bonchev–Trinajstić information content (AvgIpc) is 2.35. The Labute approximate surface area is 140 Å². The van der Waals surface area contributed by atoms with Crippen LogP contribution in [0.4, 0.5) is 4.39 Å². The Hall–Kier alpha value is -1.63. The van der Waals surface area contributed by atoms with Gasteiger partial charge in [-0.1, -0.05) is 24.0 Å². The van der Waals surface area contributed by atoms with Crippen LogP contribution in [0.2, 0.25) is 0 Å². The molecule has 0 saturated heterocycles. The highest BCUT2D eigenvalue weighted by Crippen LogP contribution is 2.22. The van der Waals surface area contributed by atoms with Crippen molar-refractivity contribution in [2.75, 3.05) is 13.6 Å². The summed E-state index contributed by atoms with van der Waals surface area (Å²) >= 11 is 0. The number of rotatable bonds is 5. The molecule has 23 heavy (non-hydrogen) atoms. The van der Waals surface area contributed by atoms with E-state index in [-0.39, 0.29) is 11.2 Å². The predicted molar refractivity (Wildman–Crippen MR) is 94.3 cm³/mol. The molecule has 3 heteroatoms. The van der Waals surface area contributed by atoms with E-state index in [0.717, 1.165) is 12.1 Å². The molecular formula is C20H28FNO. The number of benzene rings is 1. The van der Waals surface area contributed by atoms with Crippen molar-refractivity contribution in [2.24, 2.45) is 5.41 Å². The fourth-order valence-electron chi connectivity index (χ4n) is 2.02. The second-order valence-electron chi connectivity index (χ2n) is 7.53. The number of nitrogens with zero attached hydrogens (tertiary/aromatic N) is 1. The molecule has 1 rings (SSSR count). The van der Waals surface area contributed by atoms with Gasteiger partial charge in [-0.2, -0.15) is 0 Å². The number of halogens is 1. The van der Waals surface area contributed by atoms with Crippen molar-refractivity contribution in [1.82, 2.24) is 4.90 Å². The Balaban J connectivity index is 2.67. The maximum absolute atomic E-state index is 13.7. The molecule has 0 radical (unpaired) electrons. The summed E-state index contributed by atoms with van der Waals surface area (Å²) in [6.45, 7) is 10.9. The van der Waals surface area contributed by atoms with E-state index in [1.807, 2.05) is 25.3 Å². The standard InChI is InChI=1S/C20H28FNO/c1-19(2,3)10-8-7-9-11-22(6)15-16-12-17(20(4,5)23)14-18(21)13-16/h7,9,12-14,23H,11,15H2,1-6H3. The van der Waals surface area contributed by atoms with Crippen LogP contribution in [0, 0.1) is 23.1 Å². The van der Waals surface area contributed by atoms with Crippen molar-refractivity contribution in [3.63, 3.8) is 0 Å². The van der Waals surface area contributed by atoms with Crippen LogP contribution in [-0.2, 0) is 12.1 Å². The van der Waals surface area contributed by atoms with Gasteiger partial charge in [0.15, 0.2) is 0 Å². The van der Waals surface area contributed by atoms with Gasteiger partial charge in [-0.3, -0.25) is 4.90 Å². The molecule has 2 nitrogen and oxygen atoms in total. The van der Waals surface area contributed by atoms with Gasteiger partial charge < -0.3 is 5.11 Å². The third kappa shape index (κ3) is 7.97. The van der Waals surface area contributed by atoms with Gasteiger partial charge in [0.05, 0.1) is 5.60 Å². The highest BCUT2D eigenvalue weighted by atomic mass is 19.1. The SMILES string of the molecule is CN(CC=CC#CC(C)(C)C)Cc1cc(F)cc(C(C)(C)O)c1. The number of likely N-dealkylation sites (N-methyl/N-ethyl adjacent to an activating group) is 1. The van der Waals surface area contributed by atoms with Gasteiger partial charge in [-0.05, 0) is 71.0 Å². The lowest BCUT2D eigenvalue weighted by Crippen LogP contribution is -2.20. The largest absolute Gasteiger partial charge is 0.386 e. The molecule has 0 aliphatic heterocycles. The molecule has 1 aromatic carbocycles. The predicted octanol–water partition coefficient (Wildman–Crippen LogP) is 4.09. The topological polar surface area (TPSA) is 23.5 Å². The maximum atomic E-state index is 13.7. The quantitative estimate of drug-likeness (QED) is 0.827. The molecule has 0 atom stereocenters. The van der Waals surface area contributed by atoms with Crippen molar-refractivity contribution < 1.29 is 9.50 Å². The Morgan fingerprint density at radius 2 is 1.83 bits per heavy atom. The van der Waals surface area contributed by atoms with Crippen molar-refractivity contribution >= 4 is 0 Å². The van der Waals surface area contributed by atoms with Crippen LogP contribution in [0.15, 0.2) is 30.4 Å². The fourth-order valence-corrected chi connectivity index (χ4v) is 2.02. The van der Waals surface area contributed by atoms with Crippen LogP contribution >= 0.6 is 0 Å². The van der Waals surface area contributed by atoms with Crippen molar-refractivity contribution in [1.29, 1.82) is 0 Å². The molecule has 0 amide bonds. The lowest BCUT2D eigenvalue weighted by atomic mass is 9.96. The summed E-state index contributed by atoms with van der Waals surface area (Å²) in [6, 6.07) is 4.74. The van der Waals surface area contributed by atoms with Crippen LogP contribution in [0.3, 0.4) is 0 Å². The number of hydrogen-bond acceptors (Lipinski definition) is 2. The second kappa shape index (κ2) is 7.77. The summed E-state index contributed by atoms with van der Waals surface area (Å²) < 4.78 is 13.7. The number of hydrogen-bond donors (Lipinski definition) is 1. The molecule has 1 aromatic rings. The van der Waals surface area contributed by atoms with E-state index >= 15 is 0 Å². The lowest BCUT2D eigenvalue weighted by molar-refractivity contribution is 0.0781. The van der Waals surface area contributed by atoms with Crippen molar-refractivity contribution in [2.45, 2.75) is 46.8 Å². The number of aliphatic hydroxyl groups is 1. The van der Waals surface area contributed by atoms with E-state index in [9.17, 15) is 9.50 Å². The van der Waals surface area contributed by atoms with Gasteiger partial charge in [0.2, 0.25) is 0 Å². The van der Waals surface area contributed by atoms with Crippen molar-refractivity contribution in [3.05, 3.63) is 47.3 Å². The Kier molecular flexibility index (Phi) is 6.56. The van der Waals surface area contributed by atoms with Crippen LogP contribution in [0.25, 0.3) is 0 Å². The summed E-state index contributed by atoms with van der Waals surface area (Å²) in [6.07, 6.45) is 3.85. The molecule has 0 aliphatic rings. The first-order valence-electron chi connectivity index (χ1n) is 7.86. The lowest BCUT2D eigenvalue weighted by Gasteiger charge is -2.20. The van der Waals surface area contributed by atoms with Crippen LogP contribution in [0.1, 0.15) is 45.7 Å². The fraction of sp³-hybridized carbons (Fsp3) is 0.500. The zero-order chi connectivity index (χ0) is 17.7. The first-order valence-corrected chi connectivity index (χ1v) is 7.86. The van der Waals surface area contributed by atoms with E-state index in [0.29, 0.717) is 12.1 Å². The molecule has 0 aliphatic carbocycles.